The second-order valence-electron chi connectivity index (χ2n) is 4.18. The minimum Gasteiger partial charge on any atom is -0.368 e. The molecular weight excluding hydrogens is 180 g/mol. The maximum absolute atomic E-state index is 10.4. The van der Waals surface area contributed by atoms with Crippen molar-refractivity contribution in [3.63, 3.8) is 0 Å². The first kappa shape index (κ1) is 11.5. The van der Waals surface area contributed by atoms with Crippen molar-refractivity contribution in [1.82, 2.24) is 5.48 Å². The zero-order chi connectivity index (χ0) is 10.4. The van der Waals surface area contributed by atoms with E-state index in [-0.39, 0.29) is 6.61 Å². The lowest BCUT2D eigenvalue weighted by atomic mass is 10.0. The van der Waals surface area contributed by atoms with Gasteiger partial charge < -0.3 is 5.73 Å². The molecule has 0 radical (unpaired) electrons. The molecule has 0 spiro atoms. The van der Waals surface area contributed by atoms with Crippen LogP contribution < -0.4 is 11.2 Å². The Hall–Kier alpha value is -0.610. The Morgan fingerprint density at radius 1 is 1.43 bits per heavy atom. The van der Waals surface area contributed by atoms with E-state index >= 15 is 0 Å². The second kappa shape index (κ2) is 5.98. The first-order chi connectivity index (χ1) is 6.68. The van der Waals surface area contributed by atoms with Gasteiger partial charge in [-0.1, -0.05) is 19.8 Å². The van der Waals surface area contributed by atoms with E-state index in [0.717, 1.165) is 18.8 Å². The standard InChI is InChI=1S/C10H20N2O2/c1-8-3-2-4-9(6-5-8)12-14-7-10(11)13/h8-9,12H,2-7H2,1H3,(H2,11,13). The summed E-state index contributed by atoms with van der Waals surface area (Å²) < 4.78 is 0. The molecule has 4 nitrogen and oxygen atoms in total. The molecule has 14 heavy (non-hydrogen) atoms. The minimum absolute atomic E-state index is 0.0357. The van der Waals surface area contributed by atoms with Gasteiger partial charge in [0.2, 0.25) is 5.91 Å². The lowest BCUT2D eigenvalue weighted by molar-refractivity contribution is -0.126. The minimum atomic E-state index is -0.431. The molecule has 1 aliphatic carbocycles. The summed E-state index contributed by atoms with van der Waals surface area (Å²) in [5, 5.41) is 0. The molecule has 1 saturated carbocycles. The van der Waals surface area contributed by atoms with E-state index in [4.69, 9.17) is 10.6 Å². The van der Waals surface area contributed by atoms with Crippen LogP contribution in [0.2, 0.25) is 0 Å². The summed E-state index contributed by atoms with van der Waals surface area (Å²) in [6.07, 6.45) is 6.02. The lowest BCUT2D eigenvalue weighted by Crippen LogP contribution is -2.32. The summed E-state index contributed by atoms with van der Waals surface area (Å²) in [6, 6.07) is 0.388. The normalized spacial score (nSPS) is 28.4. The molecule has 0 aromatic heterocycles. The Morgan fingerprint density at radius 3 is 2.93 bits per heavy atom. The van der Waals surface area contributed by atoms with Gasteiger partial charge in [0, 0.05) is 6.04 Å². The van der Waals surface area contributed by atoms with E-state index in [1.54, 1.807) is 0 Å². The molecule has 0 heterocycles. The van der Waals surface area contributed by atoms with E-state index in [1.165, 1.54) is 19.3 Å². The number of primary amides is 1. The summed E-state index contributed by atoms with van der Waals surface area (Å²) in [5.41, 5.74) is 7.87. The third kappa shape index (κ3) is 4.58. The summed E-state index contributed by atoms with van der Waals surface area (Å²) in [5.74, 6) is 0.387. The maximum atomic E-state index is 10.4. The van der Waals surface area contributed by atoms with Gasteiger partial charge in [0.1, 0.15) is 6.61 Å². The molecule has 82 valence electrons. The monoisotopic (exact) mass is 200 g/mol. The van der Waals surface area contributed by atoms with Gasteiger partial charge in [0.05, 0.1) is 0 Å². The van der Waals surface area contributed by atoms with E-state index in [0.29, 0.717) is 6.04 Å². The smallest absolute Gasteiger partial charge is 0.245 e. The molecule has 0 saturated heterocycles. The van der Waals surface area contributed by atoms with Crippen molar-refractivity contribution in [3.05, 3.63) is 0 Å². The fourth-order valence-corrected chi connectivity index (χ4v) is 1.84. The summed E-state index contributed by atoms with van der Waals surface area (Å²) in [6.45, 7) is 2.25. The molecule has 2 atom stereocenters. The van der Waals surface area contributed by atoms with Crippen LogP contribution in [0, 0.1) is 5.92 Å². The largest absolute Gasteiger partial charge is 0.368 e. The predicted octanol–water partition coefficient (Wildman–Crippen LogP) is 0.962. The number of carbonyl (C=O) groups is 1. The highest BCUT2D eigenvalue weighted by Crippen LogP contribution is 2.22. The molecule has 3 N–H and O–H groups in total. The summed E-state index contributed by atoms with van der Waals surface area (Å²) >= 11 is 0. The van der Waals surface area contributed by atoms with Crippen molar-refractivity contribution in [2.75, 3.05) is 6.61 Å². The highest BCUT2D eigenvalue weighted by atomic mass is 16.6. The molecular formula is C10H20N2O2. The quantitative estimate of drug-likeness (QED) is 0.525. The molecule has 0 aromatic rings. The number of rotatable bonds is 4. The predicted molar refractivity (Wildman–Crippen MR) is 54.3 cm³/mol. The van der Waals surface area contributed by atoms with Gasteiger partial charge in [0.15, 0.2) is 0 Å². The fraction of sp³-hybridized carbons (Fsp3) is 0.900. The van der Waals surface area contributed by atoms with Crippen LogP contribution >= 0.6 is 0 Å². The third-order valence-corrected chi connectivity index (χ3v) is 2.72. The van der Waals surface area contributed by atoms with Gasteiger partial charge >= 0.3 is 0 Å². The Labute approximate surface area is 85.1 Å². The van der Waals surface area contributed by atoms with Crippen LogP contribution in [0.3, 0.4) is 0 Å². The molecule has 2 unspecified atom stereocenters. The number of nitrogens with two attached hydrogens (primary N) is 1. The highest BCUT2D eigenvalue weighted by molar-refractivity contribution is 5.74. The van der Waals surface area contributed by atoms with Gasteiger partial charge in [-0.3, -0.25) is 9.63 Å². The van der Waals surface area contributed by atoms with Crippen LogP contribution in [0.25, 0.3) is 0 Å². The molecule has 1 rings (SSSR count). The topological polar surface area (TPSA) is 64.3 Å². The van der Waals surface area contributed by atoms with Crippen LogP contribution in [-0.4, -0.2) is 18.6 Å². The number of nitrogens with one attached hydrogen (secondary N) is 1. The van der Waals surface area contributed by atoms with Gasteiger partial charge in [0.25, 0.3) is 0 Å². The van der Waals surface area contributed by atoms with Crippen LogP contribution in [0.1, 0.15) is 39.0 Å². The van der Waals surface area contributed by atoms with E-state index < -0.39 is 5.91 Å². The zero-order valence-electron chi connectivity index (χ0n) is 8.79. The molecule has 4 heteroatoms. The number of hydrogen-bond acceptors (Lipinski definition) is 3. The number of carbonyl (C=O) groups excluding carboxylic acids is 1. The van der Waals surface area contributed by atoms with Crippen molar-refractivity contribution in [2.24, 2.45) is 11.7 Å². The van der Waals surface area contributed by atoms with E-state index in [1.807, 2.05) is 0 Å². The van der Waals surface area contributed by atoms with Crippen LogP contribution in [0.4, 0.5) is 0 Å². The molecule has 1 aliphatic rings. The van der Waals surface area contributed by atoms with E-state index in [2.05, 4.69) is 12.4 Å². The summed E-state index contributed by atoms with van der Waals surface area (Å²) in [7, 11) is 0. The molecule has 1 fully saturated rings. The number of hydroxylamine groups is 1. The van der Waals surface area contributed by atoms with Gasteiger partial charge in [-0.15, -0.1) is 0 Å². The Bertz CT molecular complexity index is 185. The van der Waals surface area contributed by atoms with Gasteiger partial charge in [-0.25, -0.2) is 0 Å². The summed E-state index contributed by atoms with van der Waals surface area (Å²) in [4.78, 5) is 15.4. The second-order valence-corrected chi connectivity index (χ2v) is 4.18. The maximum Gasteiger partial charge on any atom is 0.245 e. The van der Waals surface area contributed by atoms with Crippen molar-refractivity contribution in [3.8, 4) is 0 Å². The van der Waals surface area contributed by atoms with Crippen LogP contribution in [-0.2, 0) is 9.63 Å². The van der Waals surface area contributed by atoms with Crippen molar-refractivity contribution >= 4 is 5.91 Å². The first-order valence-corrected chi connectivity index (χ1v) is 5.34. The van der Waals surface area contributed by atoms with Crippen LogP contribution in [0.15, 0.2) is 0 Å². The average molecular weight is 200 g/mol. The van der Waals surface area contributed by atoms with Crippen molar-refractivity contribution in [2.45, 2.75) is 45.1 Å². The molecule has 1 amide bonds. The molecule has 0 aliphatic heterocycles. The zero-order valence-corrected chi connectivity index (χ0v) is 8.79. The average Bonchev–Trinajstić information content (AvgIpc) is 2.30. The Kier molecular flexibility index (Phi) is 4.90. The Balaban J connectivity index is 2.14. The molecule has 0 aromatic carbocycles. The van der Waals surface area contributed by atoms with Crippen molar-refractivity contribution in [1.29, 1.82) is 0 Å². The van der Waals surface area contributed by atoms with Crippen LogP contribution in [0.5, 0.6) is 0 Å². The molecule has 0 bridgehead atoms. The fourth-order valence-electron chi connectivity index (χ4n) is 1.84. The van der Waals surface area contributed by atoms with E-state index in [9.17, 15) is 4.79 Å². The number of hydrogen-bond donors (Lipinski definition) is 2. The lowest BCUT2D eigenvalue weighted by Gasteiger charge is -2.15. The number of amides is 1. The van der Waals surface area contributed by atoms with Gasteiger partial charge in [-0.05, 0) is 25.2 Å². The Morgan fingerprint density at radius 2 is 2.21 bits per heavy atom. The highest BCUT2D eigenvalue weighted by Gasteiger charge is 2.15. The SMILES string of the molecule is CC1CCCC(NOCC(N)=O)CC1. The first-order valence-electron chi connectivity index (χ1n) is 5.34. The van der Waals surface area contributed by atoms with Crippen molar-refractivity contribution < 1.29 is 9.63 Å². The van der Waals surface area contributed by atoms with Gasteiger partial charge in [-0.2, -0.15) is 5.48 Å². The third-order valence-electron chi connectivity index (χ3n) is 2.72.